The first-order valence-corrected chi connectivity index (χ1v) is 9.51. The summed E-state index contributed by atoms with van der Waals surface area (Å²) >= 11 is 3.40. The van der Waals surface area contributed by atoms with Crippen molar-refractivity contribution in [2.24, 2.45) is 0 Å². The third-order valence-corrected chi connectivity index (χ3v) is 5.07. The van der Waals surface area contributed by atoms with Gasteiger partial charge in [-0.3, -0.25) is 4.79 Å². The zero-order chi connectivity index (χ0) is 19.7. The van der Waals surface area contributed by atoms with Gasteiger partial charge in [0.25, 0.3) is 5.56 Å². The van der Waals surface area contributed by atoms with Gasteiger partial charge in [0.15, 0.2) is 0 Å². The van der Waals surface area contributed by atoms with E-state index in [1.54, 1.807) is 30.1 Å². The lowest BCUT2D eigenvalue weighted by Crippen LogP contribution is -2.24. The van der Waals surface area contributed by atoms with Crippen LogP contribution >= 0.6 is 15.9 Å². The van der Waals surface area contributed by atoms with Crippen molar-refractivity contribution < 1.29 is 9.84 Å². The summed E-state index contributed by atoms with van der Waals surface area (Å²) < 4.78 is 9.19. The van der Waals surface area contributed by atoms with Crippen LogP contribution in [0.3, 0.4) is 0 Å². The van der Waals surface area contributed by atoms with Gasteiger partial charge in [0, 0.05) is 22.4 Å². The summed E-state index contributed by atoms with van der Waals surface area (Å²) in [6, 6.07) is 16.7. The van der Waals surface area contributed by atoms with Crippen molar-refractivity contribution in [3.63, 3.8) is 0 Å². The molecule has 4 aromatic rings. The number of benzene rings is 2. The van der Waals surface area contributed by atoms with E-state index in [9.17, 15) is 9.90 Å². The van der Waals surface area contributed by atoms with E-state index in [1.165, 1.54) is 4.57 Å². The average Bonchev–Trinajstić information content (AvgIpc) is 3.15. The highest BCUT2D eigenvalue weighted by Gasteiger charge is 2.13. The van der Waals surface area contributed by atoms with Crippen molar-refractivity contribution in [3.05, 3.63) is 87.4 Å². The first kappa shape index (κ1) is 18.5. The van der Waals surface area contributed by atoms with Gasteiger partial charge < -0.3 is 14.4 Å². The quantitative estimate of drug-likeness (QED) is 0.514. The van der Waals surface area contributed by atoms with E-state index in [1.807, 2.05) is 48.5 Å². The minimum Gasteiger partial charge on any atom is -0.497 e. The monoisotopic (exact) mass is 439 g/mol. The van der Waals surface area contributed by atoms with Crippen LogP contribution in [0.1, 0.15) is 11.7 Å². The molecule has 6 nitrogen and oxygen atoms in total. The van der Waals surface area contributed by atoms with Crippen LogP contribution in [0.4, 0.5) is 0 Å². The van der Waals surface area contributed by atoms with E-state index in [2.05, 4.69) is 21.0 Å². The van der Waals surface area contributed by atoms with Gasteiger partial charge in [-0.1, -0.05) is 40.2 Å². The van der Waals surface area contributed by atoms with Gasteiger partial charge in [0.05, 0.1) is 25.5 Å². The molecule has 142 valence electrons. The van der Waals surface area contributed by atoms with Gasteiger partial charge in [-0.05, 0) is 35.9 Å². The van der Waals surface area contributed by atoms with Gasteiger partial charge in [0.1, 0.15) is 11.3 Å². The second kappa shape index (κ2) is 7.61. The summed E-state index contributed by atoms with van der Waals surface area (Å²) in [6.45, 7) is 0.158. The number of nitrogens with zero attached hydrogens (tertiary/aromatic N) is 3. The Balaban J connectivity index is 1.68. The molecule has 0 unspecified atom stereocenters. The average molecular weight is 440 g/mol. The molecule has 0 saturated heterocycles. The fourth-order valence-electron chi connectivity index (χ4n) is 3.10. The summed E-state index contributed by atoms with van der Waals surface area (Å²) in [5, 5.41) is 15.0. The Morgan fingerprint density at radius 1 is 1.14 bits per heavy atom. The number of aliphatic hydroxyl groups is 1. The predicted molar refractivity (Wildman–Crippen MR) is 111 cm³/mol. The summed E-state index contributed by atoms with van der Waals surface area (Å²) in [7, 11) is 1.61. The molecule has 0 aliphatic rings. The zero-order valence-corrected chi connectivity index (χ0v) is 16.7. The Morgan fingerprint density at radius 2 is 1.96 bits per heavy atom. The fourth-order valence-corrected chi connectivity index (χ4v) is 3.52. The summed E-state index contributed by atoms with van der Waals surface area (Å²) in [4.78, 5) is 12.9. The predicted octanol–water partition coefficient (Wildman–Crippen LogP) is 3.67. The Kier molecular flexibility index (Phi) is 5.02. The highest BCUT2D eigenvalue weighted by molar-refractivity contribution is 9.10. The van der Waals surface area contributed by atoms with Gasteiger partial charge >= 0.3 is 0 Å². The standard InChI is InChI=1S/C21H18BrN3O3/c1-28-17-7-3-4-14(11-17)18-12-19-21(27)24(8-9-25(19)23-18)13-20(26)15-5-2-6-16(22)10-15/h2-12,20,26H,13H2,1H3/t20-/m0/s1. The molecule has 0 aliphatic heterocycles. The third-order valence-electron chi connectivity index (χ3n) is 4.57. The summed E-state index contributed by atoms with van der Waals surface area (Å²) in [5.41, 5.74) is 2.52. The Labute approximate surface area is 169 Å². The number of hydrogen-bond acceptors (Lipinski definition) is 4. The molecular formula is C21H18BrN3O3. The van der Waals surface area contributed by atoms with E-state index in [0.29, 0.717) is 11.2 Å². The normalized spacial score (nSPS) is 12.2. The maximum Gasteiger partial charge on any atom is 0.276 e. The smallest absolute Gasteiger partial charge is 0.276 e. The Bertz CT molecular complexity index is 1200. The van der Waals surface area contributed by atoms with Gasteiger partial charge in [-0.2, -0.15) is 5.10 Å². The maximum absolute atomic E-state index is 12.9. The lowest BCUT2D eigenvalue weighted by molar-refractivity contribution is 0.155. The highest BCUT2D eigenvalue weighted by atomic mass is 79.9. The van der Waals surface area contributed by atoms with E-state index < -0.39 is 6.10 Å². The Hall–Kier alpha value is -2.90. The van der Waals surface area contributed by atoms with Crippen LogP contribution < -0.4 is 10.3 Å². The number of methoxy groups -OCH3 is 1. The van der Waals surface area contributed by atoms with Crippen LogP contribution in [0.5, 0.6) is 5.75 Å². The summed E-state index contributed by atoms with van der Waals surface area (Å²) in [5.74, 6) is 0.726. The van der Waals surface area contributed by atoms with Crippen molar-refractivity contribution in [2.45, 2.75) is 12.6 Å². The summed E-state index contributed by atoms with van der Waals surface area (Å²) in [6.07, 6.45) is 2.56. The molecule has 28 heavy (non-hydrogen) atoms. The minimum absolute atomic E-state index is 0.158. The van der Waals surface area contributed by atoms with E-state index in [0.717, 1.165) is 21.3 Å². The lowest BCUT2D eigenvalue weighted by atomic mass is 10.1. The van der Waals surface area contributed by atoms with Crippen molar-refractivity contribution in [1.82, 2.24) is 14.2 Å². The first-order valence-electron chi connectivity index (χ1n) is 8.72. The van der Waals surface area contributed by atoms with Crippen LogP contribution in [0, 0.1) is 0 Å². The topological polar surface area (TPSA) is 68.8 Å². The molecule has 0 saturated carbocycles. The molecule has 4 rings (SSSR count). The third kappa shape index (κ3) is 3.58. The molecule has 0 bridgehead atoms. The molecule has 7 heteroatoms. The number of halogens is 1. The number of rotatable bonds is 5. The molecule has 0 fully saturated rings. The number of aromatic nitrogens is 3. The molecule has 1 N–H and O–H groups in total. The van der Waals surface area contributed by atoms with E-state index in [-0.39, 0.29) is 12.1 Å². The fraction of sp³-hybridized carbons (Fsp3) is 0.143. The van der Waals surface area contributed by atoms with Crippen LogP contribution in [0.15, 0.2) is 76.3 Å². The molecule has 0 radical (unpaired) electrons. The number of fused-ring (bicyclic) bond motifs is 1. The second-order valence-corrected chi connectivity index (χ2v) is 7.33. The van der Waals surface area contributed by atoms with E-state index in [4.69, 9.17) is 4.74 Å². The largest absolute Gasteiger partial charge is 0.497 e. The molecule has 0 amide bonds. The first-order chi connectivity index (χ1) is 13.5. The SMILES string of the molecule is COc1cccc(-c2cc3c(=O)n(C[C@H](O)c4cccc(Br)c4)ccn3n2)c1. The van der Waals surface area contributed by atoms with Gasteiger partial charge in [-0.25, -0.2) is 4.52 Å². The molecule has 0 spiro atoms. The minimum atomic E-state index is -0.793. The van der Waals surface area contributed by atoms with Gasteiger partial charge in [0.2, 0.25) is 0 Å². The number of aliphatic hydroxyl groups excluding tert-OH is 1. The van der Waals surface area contributed by atoms with Gasteiger partial charge in [-0.15, -0.1) is 0 Å². The number of ether oxygens (including phenoxy) is 1. The van der Waals surface area contributed by atoms with Crippen molar-refractivity contribution in [1.29, 1.82) is 0 Å². The molecule has 2 aromatic carbocycles. The molecule has 2 aromatic heterocycles. The van der Waals surface area contributed by atoms with Crippen LogP contribution in [0.25, 0.3) is 16.8 Å². The Morgan fingerprint density at radius 3 is 2.75 bits per heavy atom. The van der Waals surface area contributed by atoms with Crippen LogP contribution in [-0.2, 0) is 6.54 Å². The van der Waals surface area contributed by atoms with Crippen molar-refractivity contribution in [3.8, 4) is 17.0 Å². The molecular weight excluding hydrogens is 422 g/mol. The number of hydrogen-bond donors (Lipinski definition) is 1. The second-order valence-electron chi connectivity index (χ2n) is 6.42. The highest BCUT2D eigenvalue weighted by Crippen LogP contribution is 2.23. The van der Waals surface area contributed by atoms with Crippen LogP contribution in [-0.4, -0.2) is 26.4 Å². The van der Waals surface area contributed by atoms with Crippen LogP contribution in [0.2, 0.25) is 0 Å². The maximum atomic E-state index is 12.9. The zero-order valence-electron chi connectivity index (χ0n) is 15.1. The lowest BCUT2D eigenvalue weighted by Gasteiger charge is -2.13. The molecule has 1 atom stereocenters. The van der Waals surface area contributed by atoms with E-state index >= 15 is 0 Å². The van der Waals surface area contributed by atoms with Crippen molar-refractivity contribution >= 4 is 21.4 Å². The molecule has 0 aliphatic carbocycles. The molecule has 2 heterocycles. The van der Waals surface area contributed by atoms with Crippen molar-refractivity contribution in [2.75, 3.05) is 7.11 Å².